The lowest BCUT2D eigenvalue weighted by atomic mass is 10.1. The van der Waals surface area contributed by atoms with E-state index < -0.39 is 0 Å². The van der Waals surface area contributed by atoms with Gasteiger partial charge in [0.25, 0.3) is 0 Å². The molecule has 0 N–H and O–H groups in total. The third kappa shape index (κ3) is 1.41. The summed E-state index contributed by atoms with van der Waals surface area (Å²) in [5.74, 6) is 0.639. The van der Waals surface area contributed by atoms with Crippen LogP contribution in [0.25, 0.3) is 11.0 Å². The second-order valence-corrected chi connectivity index (χ2v) is 3.04. The summed E-state index contributed by atoms with van der Waals surface area (Å²) in [5.41, 5.74) is 3.06. The van der Waals surface area contributed by atoms with Crippen LogP contribution in [-0.4, -0.2) is 17.1 Å². The molecule has 3 nitrogen and oxygen atoms in total. The number of fused-ring (bicyclic) bond motifs is 1. The van der Waals surface area contributed by atoms with E-state index in [-0.39, 0.29) is 0 Å². The molecule has 0 atom stereocenters. The third-order valence-corrected chi connectivity index (χ3v) is 2.23. The standard InChI is InChI=1S/C11H12N2O/c1-3-8-6-7-12-9-4-5-10(14-2)13-11(8)9/h4-7H,3H2,1-2H3. The summed E-state index contributed by atoms with van der Waals surface area (Å²) in [4.78, 5) is 8.63. The maximum Gasteiger partial charge on any atom is 0.213 e. The van der Waals surface area contributed by atoms with Crippen molar-refractivity contribution in [2.75, 3.05) is 7.11 Å². The molecule has 2 aromatic heterocycles. The highest BCUT2D eigenvalue weighted by Crippen LogP contribution is 2.18. The average Bonchev–Trinajstić information content (AvgIpc) is 2.27. The summed E-state index contributed by atoms with van der Waals surface area (Å²) in [6.07, 6.45) is 2.77. The molecular formula is C11H12N2O. The highest BCUT2D eigenvalue weighted by molar-refractivity contribution is 5.78. The average molecular weight is 188 g/mol. The van der Waals surface area contributed by atoms with E-state index >= 15 is 0 Å². The van der Waals surface area contributed by atoms with Crippen molar-refractivity contribution in [1.82, 2.24) is 9.97 Å². The van der Waals surface area contributed by atoms with E-state index in [1.54, 1.807) is 7.11 Å². The fourth-order valence-electron chi connectivity index (χ4n) is 1.46. The molecule has 0 aliphatic heterocycles. The van der Waals surface area contributed by atoms with E-state index in [0.29, 0.717) is 5.88 Å². The van der Waals surface area contributed by atoms with Gasteiger partial charge in [-0.1, -0.05) is 6.92 Å². The van der Waals surface area contributed by atoms with Gasteiger partial charge in [0.2, 0.25) is 5.88 Å². The maximum absolute atomic E-state index is 5.08. The van der Waals surface area contributed by atoms with Crippen LogP contribution in [0.3, 0.4) is 0 Å². The van der Waals surface area contributed by atoms with Crippen LogP contribution in [0.1, 0.15) is 12.5 Å². The molecule has 0 saturated heterocycles. The number of ether oxygens (including phenoxy) is 1. The molecule has 2 aromatic rings. The van der Waals surface area contributed by atoms with E-state index in [2.05, 4.69) is 16.9 Å². The Morgan fingerprint density at radius 1 is 1.29 bits per heavy atom. The highest BCUT2D eigenvalue weighted by Gasteiger charge is 2.02. The van der Waals surface area contributed by atoms with Crippen LogP contribution in [0, 0.1) is 0 Å². The summed E-state index contributed by atoms with van der Waals surface area (Å²) in [6, 6.07) is 5.75. The van der Waals surface area contributed by atoms with Crippen LogP contribution in [-0.2, 0) is 6.42 Å². The number of hydrogen-bond donors (Lipinski definition) is 0. The molecule has 2 heterocycles. The molecule has 0 spiro atoms. The third-order valence-electron chi connectivity index (χ3n) is 2.23. The Balaban J connectivity index is 2.70. The van der Waals surface area contributed by atoms with Gasteiger partial charge in [0.1, 0.15) is 0 Å². The summed E-state index contributed by atoms with van der Waals surface area (Å²) >= 11 is 0. The Bertz CT molecular complexity index is 454. The normalized spacial score (nSPS) is 10.4. The molecule has 0 bridgehead atoms. The predicted molar refractivity (Wildman–Crippen MR) is 55.5 cm³/mol. The molecule has 0 aromatic carbocycles. The van der Waals surface area contributed by atoms with Crippen LogP contribution in [0.2, 0.25) is 0 Å². The first-order valence-electron chi connectivity index (χ1n) is 4.63. The first kappa shape index (κ1) is 8.94. The molecule has 0 aliphatic rings. The summed E-state index contributed by atoms with van der Waals surface area (Å²) in [5, 5.41) is 0. The molecule has 14 heavy (non-hydrogen) atoms. The van der Waals surface area contributed by atoms with Crippen molar-refractivity contribution in [1.29, 1.82) is 0 Å². The zero-order valence-corrected chi connectivity index (χ0v) is 8.32. The smallest absolute Gasteiger partial charge is 0.213 e. The Hall–Kier alpha value is -1.64. The molecule has 0 fully saturated rings. The van der Waals surface area contributed by atoms with Crippen LogP contribution >= 0.6 is 0 Å². The van der Waals surface area contributed by atoms with Crippen molar-refractivity contribution in [2.45, 2.75) is 13.3 Å². The SMILES string of the molecule is CCc1ccnc2ccc(OC)nc12. The Morgan fingerprint density at radius 2 is 2.14 bits per heavy atom. The lowest BCUT2D eigenvalue weighted by Gasteiger charge is -2.04. The van der Waals surface area contributed by atoms with Crippen molar-refractivity contribution in [3.63, 3.8) is 0 Å². The van der Waals surface area contributed by atoms with Gasteiger partial charge in [-0.3, -0.25) is 4.98 Å². The minimum absolute atomic E-state index is 0.639. The molecule has 2 rings (SSSR count). The van der Waals surface area contributed by atoms with Crippen molar-refractivity contribution < 1.29 is 4.74 Å². The zero-order valence-electron chi connectivity index (χ0n) is 8.32. The molecule has 0 unspecified atom stereocenters. The second-order valence-electron chi connectivity index (χ2n) is 3.04. The van der Waals surface area contributed by atoms with Gasteiger partial charge in [-0.05, 0) is 24.1 Å². The molecule has 72 valence electrons. The van der Waals surface area contributed by atoms with E-state index in [1.807, 2.05) is 24.4 Å². The van der Waals surface area contributed by atoms with Gasteiger partial charge in [-0.25, -0.2) is 4.98 Å². The first-order chi connectivity index (χ1) is 6.85. The number of methoxy groups -OCH3 is 1. The van der Waals surface area contributed by atoms with Gasteiger partial charge in [-0.2, -0.15) is 0 Å². The minimum atomic E-state index is 0.639. The van der Waals surface area contributed by atoms with Crippen molar-refractivity contribution in [3.05, 3.63) is 30.0 Å². The van der Waals surface area contributed by atoms with E-state index in [0.717, 1.165) is 17.5 Å². The summed E-state index contributed by atoms with van der Waals surface area (Å²) in [6.45, 7) is 2.11. The van der Waals surface area contributed by atoms with Crippen LogP contribution < -0.4 is 4.74 Å². The molecule has 0 amide bonds. The van der Waals surface area contributed by atoms with Gasteiger partial charge >= 0.3 is 0 Å². The maximum atomic E-state index is 5.08. The lowest BCUT2D eigenvalue weighted by Crippen LogP contribution is -1.92. The Morgan fingerprint density at radius 3 is 2.86 bits per heavy atom. The number of nitrogens with zero attached hydrogens (tertiary/aromatic N) is 2. The van der Waals surface area contributed by atoms with E-state index in [4.69, 9.17) is 4.74 Å². The lowest BCUT2D eigenvalue weighted by molar-refractivity contribution is 0.399. The quantitative estimate of drug-likeness (QED) is 0.724. The van der Waals surface area contributed by atoms with Crippen molar-refractivity contribution >= 4 is 11.0 Å². The van der Waals surface area contributed by atoms with Crippen molar-refractivity contribution in [3.8, 4) is 5.88 Å². The number of aryl methyl sites for hydroxylation is 1. The van der Waals surface area contributed by atoms with Gasteiger partial charge in [0.15, 0.2) is 0 Å². The molecule has 3 heteroatoms. The highest BCUT2D eigenvalue weighted by atomic mass is 16.5. The first-order valence-corrected chi connectivity index (χ1v) is 4.63. The second kappa shape index (κ2) is 3.62. The van der Waals surface area contributed by atoms with Gasteiger partial charge in [0, 0.05) is 12.3 Å². The van der Waals surface area contributed by atoms with Crippen LogP contribution in [0.5, 0.6) is 5.88 Å². The van der Waals surface area contributed by atoms with E-state index in [9.17, 15) is 0 Å². The molecule has 0 radical (unpaired) electrons. The van der Waals surface area contributed by atoms with Crippen LogP contribution in [0.4, 0.5) is 0 Å². The molecule has 0 aliphatic carbocycles. The topological polar surface area (TPSA) is 35.0 Å². The van der Waals surface area contributed by atoms with Crippen molar-refractivity contribution in [2.24, 2.45) is 0 Å². The predicted octanol–water partition coefficient (Wildman–Crippen LogP) is 2.20. The number of rotatable bonds is 2. The molecule has 0 saturated carbocycles. The minimum Gasteiger partial charge on any atom is -0.481 e. The monoisotopic (exact) mass is 188 g/mol. The zero-order chi connectivity index (χ0) is 9.97. The number of pyridine rings is 2. The number of aromatic nitrogens is 2. The van der Waals surface area contributed by atoms with Gasteiger partial charge in [-0.15, -0.1) is 0 Å². The Kier molecular flexibility index (Phi) is 2.31. The van der Waals surface area contributed by atoms with Gasteiger partial charge in [0.05, 0.1) is 18.1 Å². The molecular weight excluding hydrogens is 176 g/mol. The summed E-state index contributed by atoms with van der Waals surface area (Å²) in [7, 11) is 1.62. The van der Waals surface area contributed by atoms with E-state index in [1.165, 1.54) is 5.56 Å². The van der Waals surface area contributed by atoms with Crippen LogP contribution in [0.15, 0.2) is 24.4 Å². The summed E-state index contributed by atoms with van der Waals surface area (Å²) < 4.78 is 5.08. The Labute approximate surface area is 82.8 Å². The van der Waals surface area contributed by atoms with Gasteiger partial charge < -0.3 is 4.74 Å². The largest absolute Gasteiger partial charge is 0.481 e. The number of hydrogen-bond acceptors (Lipinski definition) is 3. The fraction of sp³-hybridized carbons (Fsp3) is 0.273. The fourth-order valence-corrected chi connectivity index (χ4v) is 1.46.